The minimum absolute atomic E-state index is 0.0256. The van der Waals surface area contributed by atoms with Gasteiger partial charge >= 0.3 is 0 Å². The largest absolute Gasteiger partial charge is 0.495 e. The summed E-state index contributed by atoms with van der Waals surface area (Å²) < 4.78 is 17.3. The van der Waals surface area contributed by atoms with Crippen LogP contribution in [0.1, 0.15) is 38.9 Å². The van der Waals surface area contributed by atoms with Crippen LogP contribution >= 0.6 is 11.6 Å². The van der Waals surface area contributed by atoms with Crippen LogP contribution in [-0.4, -0.2) is 13.0 Å². The number of nitrogens with zero attached hydrogens (tertiary/aromatic N) is 1. The zero-order valence-electron chi connectivity index (χ0n) is 21.3. The number of fused-ring (bicyclic) bond motifs is 2. The van der Waals surface area contributed by atoms with Crippen molar-refractivity contribution in [2.75, 3.05) is 12.0 Å². The van der Waals surface area contributed by atoms with Gasteiger partial charge in [0.05, 0.1) is 29.1 Å². The lowest BCUT2D eigenvalue weighted by Crippen LogP contribution is -2.29. The number of aryl methyl sites for hydroxylation is 1. The number of amides is 1. The summed E-state index contributed by atoms with van der Waals surface area (Å²) in [4.78, 5) is 29.2. The van der Waals surface area contributed by atoms with Crippen LogP contribution in [0.5, 0.6) is 11.5 Å². The van der Waals surface area contributed by atoms with E-state index in [9.17, 15) is 9.59 Å². The van der Waals surface area contributed by atoms with Gasteiger partial charge in [-0.2, -0.15) is 0 Å². The van der Waals surface area contributed by atoms with E-state index in [0.29, 0.717) is 45.3 Å². The highest BCUT2D eigenvalue weighted by molar-refractivity contribution is 6.32. The van der Waals surface area contributed by atoms with E-state index < -0.39 is 11.9 Å². The summed E-state index contributed by atoms with van der Waals surface area (Å²) in [5.74, 6) is 0.765. The van der Waals surface area contributed by atoms with Gasteiger partial charge in [0.25, 0.3) is 5.91 Å². The highest BCUT2D eigenvalue weighted by Gasteiger charge is 2.43. The third-order valence-corrected chi connectivity index (χ3v) is 7.18. The van der Waals surface area contributed by atoms with Crippen molar-refractivity contribution in [2.45, 2.75) is 19.6 Å². The predicted octanol–water partition coefficient (Wildman–Crippen LogP) is 7.09. The molecule has 5 aromatic rings. The fourth-order valence-corrected chi connectivity index (χ4v) is 5.21. The molecule has 0 bridgehead atoms. The van der Waals surface area contributed by atoms with Crippen molar-refractivity contribution in [1.82, 2.24) is 0 Å². The highest BCUT2D eigenvalue weighted by Crippen LogP contribution is 2.43. The number of hydrogen-bond acceptors (Lipinski definition) is 5. The molecule has 194 valence electrons. The summed E-state index contributed by atoms with van der Waals surface area (Å²) in [7, 11) is 1.53. The van der Waals surface area contributed by atoms with E-state index >= 15 is 0 Å². The number of halogens is 1. The molecule has 0 radical (unpaired) electrons. The lowest BCUT2D eigenvalue weighted by Gasteiger charge is -2.26. The maximum absolute atomic E-state index is 13.9. The average molecular weight is 538 g/mol. The van der Waals surface area contributed by atoms with Gasteiger partial charge in [-0.3, -0.25) is 14.5 Å². The molecule has 0 saturated carbocycles. The second kappa shape index (κ2) is 9.97. The summed E-state index contributed by atoms with van der Waals surface area (Å²) in [6.07, 6.45) is 0. The Hall–Kier alpha value is -4.55. The minimum atomic E-state index is -0.721. The van der Waals surface area contributed by atoms with Crippen LogP contribution < -0.4 is 19.8 Å². The Balaban J connectivity index is 1.46. The van der Waals surface area contributed by atoms with Crippen molar-refractivity contribution in [3.8, 4) is 11.5 Å². The Morgan fingerprint density at radius 3 is 2.41 bits per heavy atom. The van der Waals surface area contributed by atoms with Crippen LogP contribution in [-0.2, 0) is 6.61 Å². The second-order valence-corrected chi connectivity index (χ2v) is 9.82. The fourth-order valence-electron chi connectivity index (χ4n) is 4.96. The first-order valence-corrected chi connectivity index (χ1v) is 12.8. The van der Waals surface area contributed by atoms with E-state index in [0.717, 1.165) is 16.7 Å². The van der Waals surface area contributed by atoms with Crippen LogP contribution in [0.4, 0.5) is 5.69 Å². The molecule has 0 aliphatic carbocycles. The van der Waals surface area contributed by atoms with E-state index in [1.165, 1.54) is 7.11 Å². The van der Waals surface area contributed by atoms with Crippen LogP contribution in [0.15, 0.2) is 100 Å². The van der Waals surface area contributed by atoms with Crippen molar-refractivity contribution < 1.29 is 18.7 Å². The highest BCUT2D eigenvalue weighted by atomic mass is 35.5. The predicted molar refractivity (Wildman–Crippen MR) is 151 cm³/mol. The summed E-state index contributed by atoms with van der Waals surface area (Å²) in [5.41, 5.74) is 3.67. The molecule has 0 N–H and O–H groups in total. The first-order valence-electron chi connectivity index (χ1n) is 12.5. The van der Waals surface area contributed by atoms with Crippen molar-refractivity contribution >= 4 is 34.2 Å². The number of carbonyl (C=O) groups excluding carboxylic acids is 1. The van der Waals surface area contributed by atoms with Crippen LogP contribution in [0.2, 0.25) is 5.02 Å². The molecule has 4 aromatic carbocycles. The number of hydrogen-bond donors (Lipinski definition) is 0. The van der Waals surface area contributed by atoms with Crippen LogP contribution in [0.25, 0.3) is 11.0 Å². The summed E-state index contributed by atoms with van der Waals surface area (Å²) in [6.45, 7) is 2.34. The second-order valence-electron chi connectivity index (χ2n) is 9.41. The molecule has 1 unspecified atom stereocenters. The lowest BCUT2D eigenvalue weighted by atomic mass is 9.97. The smallest absolute Gasteiger partial charge is 0.295 e. The monoisotopic (exact) mass is 537 g/mol. The Bertz CT molecular complexity index is 1760. The SMILES string of the molecule is COc1ccc(N2C(=O)c3oc4ccc(C)cc4c(=O)c3C2c2ccc(OCc3ccccc3)cc2)cc1Cl. The Morgan fingerprint density at radius 1 is 0.923 bits per heavy atom. The molecule has 0 spiro atoms. The first-order chi connectivity index (χ1) is 18.9. The molecular formula is C32H24ClNO5. The third-order valence-electron chi connectivity index (χ3n) is 6.88. The van der Waals surface area contributed by atoms with Gasteiger partial charge in [0, 0.05) is 5.69 Å². The third kappa shape index (κ3) is 4.43. The quantitative estimate of drug-likeness (QED) is 0.231. The van der Waals surface area contributed by atoms with Gasteiger partial charge in [-0.25, -0.2) is 0 Å². The summed E-state index contributed by atoms with van der Waals surface area (Å²) >= 11 is 6.44. The number of carbonyl (C=O) groups is 1. The van der Waals surface area contributed by atoms with Crippen molar-refractivity contribution in [1.29, 1.82) is 0 Å². The minimum Gasteiger partial charge on any atom is -0.495 e. The van der Waals surface area contributed by atoms with Crippen molar-refractivity contribution in [3.63, 3.8) is 0 Å². The average Bonchev–Trinajstić information content (AvgIpc) is 3.25. The molecule has 1 aromatic heterocycles. The number of anilines is 1. The topological polar surface area (TPSA) is 69.0 Å². The molecule has 2 heterocycles. The molecule has 0 saturated heterocycles. The molecule has 39 heavy (non-hydrogen) atoms. The van der Waals surface area contributed by atoms with Crippen LogP contribution in [0, 0.1) is 6.92 Å². The van der Waals surface area contributed by atoms with Crippen molar-refractivity contribution in [2.24, 2.45) is 0 Å². The number of methoxy groups -OCH3 is 1. The van der Waals surface area contributed by atoms with Crippen molar-refractivity contribution in [3.05, 3.63) is 134 Å². The van der Waals surface area contributed by atoms with E-state index in [4.69, 9.17) is 25.5 Å². The Labute approximate surface area is 230 Å². The molecule has 7 heteroatoms. The first kappa shape index (κ1) is 24.8. The van der Waals surface area contributed by atoms with Gasteiger partial charge in [-0.15, -0.1) is 0 Å². The molecule has 1 aliphatic rings. The molecule has 1 amide bonds. The summed E-state index contributed by atoms with van der Waals surface area (Å²) in [6, 6.07) is 27.0. The van der Waals surface area contributed by atoms with Gasteiger partial charge < -0.3 is 13.9 Å². The normalized spacial score (nSPS) is 14.5. The van der Waals surface area contributed by atoms with Gasteiger partial charge in [0.2, 0.25) is 5.76 Å². The van der Waals surface area contributed by atoms with Gasteiger partial charge in [-0.05, 0) is 60.5 Å². The molecule has 0 fully saturated rings. The van der Waals surface area contributed by atoms with E-state index in [1.807, 2.05) is 67.6 Å². The maximum Gasteiger partial charge on any atom is 0.295 e. The number of rotatable bonds is 6. The van der Waals surface area contributed by atoms with E-state index in [2.05, 4.69) is 0 Å². The number of ether oxygens (including phenoxy) is 2. The molecule has 6 nitrogen and oxygen atoms in total. The Morgan fingerprint density at radius 2 is 1.69 bits per heavy atom. The number of benzene rings is 4. The van der Waals surface area contributed by atoms with E-state index in [1.54, 1.807) is 35.2 Å². The fraction of sp³-hybridized carbons (Fsp3) is 0.125. The maximum atomic E-state index is 13.9. The van der Waals surface area contributed by atoms with E-state index in [-0.39, 0.29) is 11.2 Å². The molecule has 6 rings (SSSR count). The molecule has 1 atom stereocenters. The van der Waals surface area contributed by atoms with Crippen LogP contribution in [0.3, 0.4) is 0 Å². The lowest BCUT2D eigenvalue weighted by molar-refractivity contribution is 0.0971. The van der Waals surface area contributed by atoms with Gasteiger partial charge in [0.1, 0.15) is 23.7 Å². The zero-order chi connectivity index (χ0) is 27.1. The Kier molecular flexibility index (Phi) is 6.33. The molecular weight excluding hydrogens is 514 g/mol. The van der Waals surface area contributed by atoms with Gasteiger partial charge in [0.15, 0.2) is 5.43 Å². The standard InChI is InChI=1S/C32H24ClNO5/c1-19-8-14-26-24(16-19)30(35)28-29(21-9-12-23(13-10-21)38-18-20-6-4-3-5-7-20)34(32(36)31(28)39-26)22-11-15-27(37-2)25(33)17-22/h3-17,29H,18H2,1-2H3. The van der Waals surface area contributed by atoms with Gasteiger partial charge in [-0.1, -0.05) is 65.7 Å². The molecule has 1 aliphatic heterocycles. The zero-order valence-corrected chi connectivity index (χ0v) is 22.1. The summed E-state index contributed by atoms with van der Waals surface area (Å²) in [5, 5.41) is 0.784.